The van der Waals surface area contributed by atoms with E-state index in [9.17, 15) is 9.90 Å². The van der Waals surface area contributed by atoms with Crippen LogP contribution in [0.3, 0.4) is 0 Å². The molecule has 0 radical (unpaired) electrons. The van der Waals surface area contributed by atoms with Gasteiger partial charge >= 0.3 is 0 Å². The summed E-state index contributed by atoms with van der Waals surface area (Å²) in [6.07, 6.45) is 6.22. The molecular formula is C20H19N3O2S. The van der Waals surface area contributed by atoms with Gasteiger partial charge in [0.1, 0.15) is 0 Å². The number of carbonyl (C=O) groups is 1. The molecule has 0 aliphatic carbocycles. The number of nitrogens with zero attached hydrogens (tertiary/aromatic N) is 3. The first-order valence-electron chi connectivity index (χ1n) is 8.54. The third-order valence-corrected chi connectivity index (χ3v) is 5.50. The van der Waals surface area contributed by atoms with Gasteiger partial charge in [0.05, 0.1) is 12.4 Å². The number of aliphatic hydroxyl groups is 1. The number of aromatic nitrogens is 2. The molecule has 2 aromatic heterocycles. The Bertz CT molecular complexity index is 902. The fraction of sp³-hybridized carbons (Fsp3) is 0.200. The highest BCUT2D eigenvalue weighted by atomic mass is 32.1. The second-order valence-corrected chi connectivity index (χ2v) is 7.18. The number of aliphatic hydroxyl groups excluding tert-OH is 1. The van der Waals surface area contributed by atoms with Crippen molar-refractivity contribution in [3.05, 3.63) is 82.8 Å². The number of thiophene rings is 1. The van der Waals surface area contributed by atoms with Gasteiger partial charge < -0.3 is 14.6 Å². The molecule has 1 unspecified atom stereocenters. The number of amides is 1. The van der Waals surface area contributed by atoms with Crippen LogP contribution in [0.1, 0.15) is 22.9 Å². The van der Waals surface area contributed by atoms with Crippen molar-refractivity contribution in [1.82, 2.24) is 14.5 Å². The van der Waals surface area contributed by atoms with E-state index >= 15 is 0 Å². The Morgan fingerprint density at radius 2 is 1.96 bits per heavy atom. The van der Waals surface area contributed by atoms with E-state index < -0.39 is 0 Å². The van der Waals surface area contributed by atoms with Gasteiger partial charge in [-0.1, -0.05) is 36.4 Å². The van der Waals surface area contributed by atoms with Gasteiger partial charge in [-0.2, -0.15) is 0 Å². The van der Waals surface area contributed by atoms with Gasteiger partial charge in [-0.25, -0.2) is 4.98 Å². The fourth-order valence-electron chi connectivity index (χ4n) is 3.38. The number of imidazole rings is 1. The van der Waals surface area contributed by atoms with Crippen molar-refractivity contribution in [3.8, 4) is 0 Å². The monoisotopic (exact) mass is 365 g/mol. The van der Waals surface area contributed by atoms with Gasteiger partial charge in [0.2, 0.25) is 0 Å². The number of benzene rings is 1. The van der Waals surface area contributed by atoms with Gasteiger partial charge in [0.25, 0.3) is 5.91 Å². The van der Waals surface area contributed by atoms with Crippen molar-refractivity contribution >= 4 is 22.8 Å². The minimum Gasteiger partial charge on any atom is -0.503 e. The molecule has 6 heteroatoms. The Balaban J connectivity index is 1.63. The molecule has 3 aromatic rings. The molecule has 26 heavy (non-hydrogen) atoms. The zero-order valence-corrected chi connectivity index (χ0v) is 15.0. The third-order valence-electron chi connectivity index (χ3n) is 4.58. The largest absolute Gasteiger partial charge is 0.503 e. The SMILES string of the molecule is O=C1C(O)=C(c2ccccc2)C(c2cccs2)N1CCCn1ccnc1. The Morgan fingerprint density at radius 1 is 1.12 bits per heavy atom. The lowest BCUT2D eigenvalue weighted by Gasteiger charge is -2.26. The Kier molecular flexibility index (Phi) is 4.58. The lowest BCUT2D eigenvalue weighted by molar-refractivity contribution is -0.129. The number of hydrogen-bond acceptors (Lipinski definition) is 4. The van der Waals surface area contributed by atoms with Gasteiger partial charge in [0, 0.05) is 35.9 Å². The molecule has 0 fully saturated rings. The quantitative estimate of drug-likeness (QED) is 0.721. The van der Waals surface area contributed by atoms with Crippen molar-refractivity contribution in [2.24, 2.45) is 0 Å². The molecule has 132 valence electrons. The predicted octanol–water partition coefficient (Wildman–Crippen LogP) is 3.89. The van der Waals surface area contributed by atoms with Crippen LogP contribution in [0, 0.1) is 0 Å². The van der Waals surface area contributed by atoms with Crippen LogP contribution >= 0.6 is 11.3 Å². The zero-order chi connectivity index (χ0) is 17.9. The highest BCUT2D eigenvalue weighted by molar-refractivity contribution is 7.10. The average Bonchev–Trinajstić information content (AvgIpc) is 3.40. The first kappa shape index (κ1) is 16.6. The fourth-order valence-corrected chi connectivity index (χ4v) is 4.23. The first-order valence-corrected chi connectivity index (χ1v) is 9.42. The molecule has 1 atom stereocenters. The number of carbonyl (C=O) groups excluding carboxylic acids is 1. The van der Waals surface area contributed by atoms with Crippen LogP contribution in [0.4, 0.5) is 0 Å². The van der Waals surface area contributed by atoms with E-state index in [2.05, 4.69) is 4.98 Å². The van der Waals surface area contributed by atoms with Crippen LogP contribution in [0.25, 0.3) is 5.57 Å². The maximum absolute atomic E-state index is 12.8. The number of rotatable bonds is 6. The molecule has 0 spiro atoms. The van der Waals surface area contributed by atoms with Crippen molar-refractivity contribution in [2.75, 3.05) is 6.54 Å². The Morgan fingerprint density at radius 3 is 2.65 bits per heavy atom. The summed E-state index contributed by atoms with van der Waals surface area (Å²) in [5.74, 6) is -0.440. The van der Waals surface area contributed by atoms with E-state index in [-0.39, 0.29) is 17.7 Å². The molecule has 0 saturated heterocycles. The lowest BCUT2D eigenvalue weighted by atomic mass is 9.98. The van der Waals surface area contributed by atoms with Gasteiger partial charge in [-0.05, 0) is 23.4 Å². The summed E-state index contributed by atoms with van der Waals surface area (Å²) in [5.41, 5.74) is 1.58. The van der Waals surface area contributed by atoms with Gasteiger partial charge in [0.15, 0.2) is 5.76 Å². The van der Waals surface area contributed by atoms with Crippen molar-refractivity contribution in [3.63, 3.8) is 0 Å². The molecular weight excluding hydrogens is 346 g/mol. The van der Waals surface area contributed by atoms with E-state index in [4.69, 9.17) is 0 Å². The molecule has 1 aromatic carbocycles. The summed E-state index contributed by atoms with van der Waals surface area (Å²) in [6.45, 7) is 1.35. The van der Waals surface area contributed by atoms with E-state index in [0.717, 1.165) is 23.4 Å². The highest BCUT2D eigenvalue weighted by Gasteiger charge is 2.41. The Labute approximate surface area is 155 Å². The minimum atomic E-state index is -0.298. The lowest BCUT2D eigenvalue weighted by Crippen LogP contribution is -2.31. The van der Waals surface area contributed by atoms with Crippen LogP contribution in [0.15, 0.2) is 72.3 Å². The standard InChI is InChI=1S/C20H19N3O2S/c24-19-17(15-6-2-1-3-7-15)18(16-8-4-13-26-16)23(20(19)25)11-5-10-22-12-9-21-14-22/h1-4,6-9,12-14,18,24H,5,10-11H2. The van der Waals surface area contributed by atoms with Gasteiger partial charge in [-0.3, -0.25) is 4.79 Å². The van der Waals surface area contributed by atoms with Crippen LogP contribution in [-0.4, -0.2) is 32.0 Å². The molecule has 1 aliphatic rings. The summed E-state index contributed by atoms with van der Waals surface area (Å²) in [5, 5.41) is 12.6. The van der Waals surface area contributed by atoms with E-state index in [0.29, 0.717) is 12.1 Å². The molecule has 1 N–H and O–H groups in total. The van der Waals surface area contributed by atoms with Gasteiger partial charge in [-0.15, -0.1) is 11.3 Å². The highest BCUT2D eigenvalue weighted by Crippen LogP contribution is 2.44. The summed E-state index contributed by atoms with van der Waals surface area (Å²) in [7, 11) is 0. The number of aryl methyl sites for hydroxylation is 1. The van der Waals surface area contributed by atoms with E-state index in [1.807, 2.05) is 58.6 Å². The normalized spacial score (nSPS) is 17.3. The molecule has 0 saturated carbocycles. The van der Waals surface area contributed by atoms with Crippen LogP contribution in [0.5, 0.6) is 0 Å². The topological polar surface area (TPSA) is 58.4 Å². The summed E-state index contributed by atoms with van der Waals surface area (Å²) >= 11 is 1.60. The van der Waals surface area contributed by atoms with E-state index in [1.54, 1.807) is 28.8 Å². The second kappa shape index (κ2) is 7.17. The molecule has 5 nitrogen and oxygen atoms in total. The number of hydrogen-bond donors (Lipinski definition) is 1. The van der Waals surface area contributed by atoms with Crippen LogP contribution in [-0.2, 0) is 11.3 Å². The molecule has 1 aliphatic heterocycles. The smallest absolute Gasteiger partial charge is 0.289 e. The van der Waals surface area contributed by atoms with Crippen molar-refractivity contribution < 1.29 is 9.90 Å². The molecule has 1 amide bonds. The molecule has 0 bridgehead atoms. The van der Waals surface area contributed by atoms with E-state index in [1.165, 1.54) is 0 Å². The van der Waals surface area contributed by atoms with Crippen molar-refractivity contribution in [1.29, 1.82) is 0 Å². The predicted molar refractivity (Wildman–Crippen MR) is 102 cm³/mol. The minimum absolute atomic E-state index is 0.141. The zero-order valence-electron chi connectivity index (χ0n) is 14.2. The summed E-state index contributed by atoms with van der Waals surface area (Å²) < 4.78 is 1.99. The summed E-state index contributed by atoms with van der Waals surface area (Å²) in [4.78, 5) is 19.7. The van der Waals surface area contributed by atoms with Crippen LogP contribution in [0.2, 0.25) is 0 Å². The first-order chi connectivity index (χ1) is 12.8. The molecule has 4 rings (SSSR count). The summed E-state index contributed by atoms with van der Waals surface area (Å²) in [6, 6.07) is 13.4. The maximum Gasteiger partial charge on any atom is 0.289 e. The second-order valence-electron chi connectivity index (χ2n) is 6.20. The average molecular weight is 365 g/mol. The molecule has 3 heterocycles. The maximum atomic E-state index is 12.8. The van der Waals surface area contributed by atoms with Crippen LogP contribution < -0.4 is 0 Å². The van der Waals surface area contributed by atoms with Crippen molar-refractivity contribution in [2.45, 2.75) is 19.0 Å². The third kappa shape index (κ3) is 3.04. The Hall–Kier alpha value is -2.86.